The van der Waals surface area contributed by atoms with Gasteiger partial charge in [0.25, 0.3) is 0 Å². The minimum atomic E-state index is 0.138. The van der Waals surface area contributed by atoms with Gasteiger partial charge in [-0.05, 0) is 24.1 Å². The van der Waals surface area contributed by atoms with Gasteiger partial charge in [0.05, 0.1) is 24.3 Å². The highest BCUT2D eigenvalue weighted by atomic mass is 35.5. The van der Waals surface area contributed by atoms with Crippen molar-refractivity contribution < 1.29 is 9.84 Å². The zero-order chi connectivity index (χ0) is 10.8. The third-order valence-electron chi connectivity index (χ3n) is 2.58. The van der Waals surface area contributed by atoms with Gasteiger partial charge in [0, 0.05) is 6.54 Å². The summed E-state index contributed by atoms with van der Waals surface area (Å²) < 4.78 is 5.37. The summed E-state index contributed by atoms with van der Waals surface area (Å²) in [4.78, 5) is 0. The predicted molar refractivity (Wildman–Crippen MR) is 59.4 cm³/mol. The van der Waals surface area contributed by atoms with Gasteiger partial charge in [0.15, 0.2) is 0 Å². The molecule has 0 aromatic heterocycles. The van der Waals surface area contributed by atoms with Crippen LogP contribution in [0.25, 0.3) is 0 Å². The predicted octanol–water partition coefficient (Wildman–Crippen LogP) is 2.01. The smallest absolute Gasteiger partial charge is 0.134 e. The first-order chi connectivity index (χ1) is 7.18. The maximum atomic E-state index is 9.61. The molecule has 1 aliphatic heterocycles. The van der Waals surface area contributed by atoms with Crippen LogP contribution in [-0.2, 0) is 4.74 Å². The number of rotatable bonds is 1. The summed E-state index contributed by atoms with van der Waals surface area (Å²) in [6, 6.07) is 3.83. The lowest BCUT2D eigenvalue weighted by Crippen LogP contribution is -2.34. The molecule has 1 heterocycles. The number of benzene rings is 1. The largest absolute Gasteiger partial charge is 0.506 e. The number of hydrogen-bond donors (Lipinski definition) is 2. The zero-order valence-electron chi connectivity index (χ0n) is 8.59. The molecule has 1 atom stereocenters. The lowest BCUT2D eigenvalue weighted by Gasteiger charge is -2.24. The Kier molecular flexibility index (Phi) is 3.14. The average molecular weight is 228 g/mol. The Morgan fingerprint density at radius 3 is 2.93 bits per heavy atom. The summed E-state index contributed by atoms with van der Waals surface area (Å²) in [7, 11) is 0. The second-order valence-electron chi connectivity index (χ2n) is 3.75. The molecular weight excluding hydrogens is 214 g/mol. The Morgan fingerprint density at radius 1 is 1.53 bits per heavy atom. The van der Waals surface area contributed by atoms with Gasteiger partial charge in [-0.3, -0.25) is 0 Å². The molecule has 1 aliphatic rings. The quantitative estimate of drug-likeness (QED) is 0.771. The van der Waals surface area contributed by atoms with Crippen LogP contribution < -0.4 is 5.32 Å². The van der Waals surface area contributed by atoms with Gasteiger partial charge in [-0.15, -0.1) is 0 Å². The second-order valence-corrected chi connectivity index (χ2v) is 4.13. The van der Waals surface area contributed by atoms with E-state index in [0.29, 0.717) is 11.6 Å². The van der Waals surface area contributed by atoms with Crippen molar-refractivity contribution in [3.05, 3.63) is 28.3 Å². The Hall–Kier alpha value is -0.770. The monoisotopic (exact) mass is 227 g/mol. The summed E-state index contributed by atoms with van der Waals surface area (Å²) in [5.41, 5.74) is 1.91. The molecule has 1 unspecified atom stereocenters. The van der Waals surface area contributed by atoms with Crippen LogP contribution in [0.3, 0.4) is 0 Å². The first kappa shape index (κ1) is 10.7. The maximum absolute atomic E-state index is 9.61. The molecule has 0 radical (unpaired) electrons. The molecule has 2 rings (SSSR count). The molecule has 1 saturated heterocycles. The van der Waals surface area contributed by atoms with Crippen molar-refractivity contribution in [2.75, 3.05) is 19.8 Å². The summed E-state index contributed by atoms with van der Waals surface area (Å²) in [6.45, 7) is 4.11. The van der Waals surface area contributed by atoms with Crippen molar-refractivity contribution in [1.29, 1.82) is 0 Å². The first-order valence-electron chi connectivity index (χ1n) is 4.98. The van der Waals surface area contributed by atoms with E-state index < -0.39 is 0 Å². The van der Waals surface area contributed by atoms with Crippen LogP contribution in [0.2, 0.25) is 5.02 Å². The van der Waals surface area contributed by atoms with Gasteiger partial charge < -0.3 is 15.2 Å². The molecule has 2 N–H and O–H groups in total. The highest BCUT2D eigenvalue weighted by molar-refractivity contribution is 6.32. The fourth-order valence-electron chi connectivity index (χ4n) is 1.76. The van der Waals surface area contributed by atoms with Crippen LogP contribution in [0.1, 0.15) is 17.2 Å². The number of hydrogen-bond acceptors (Lipinski definition) is 3. The van der Waals surface area contributed by atoms with Gasteiger partial charge in [0.1, 0.15) is 5.75 Å². The number of halogens is 1. The molecule has 0 spiro atoms. The minimum absolute atomic E-state index is 0.138. The van der Waals surface area contributed by atoms with Crippen molar-refractivity contribution in [1.82, 2.24) is 5.32 Å². The lowest BCUT2D eigenvalue weighted by molar-refractivity contribution is 0.0768. The Labute approximate surface area is 94.0 Å². The summed E-state index contributed by atoms with van der Waals surface area (Å²) in [5, 5.41) is 13.4. The molecule has 3 nitrogen and oxygen atoms in total. The highest BCUT2D eigenvalue weighted by Crippen LogP contribution is 2.30. The number of phenolic OH excluding ortho intramolecular Hbond substituents is 1. The molecule has 15 heavy (non-hydrogen) atoms. The van der Waals surface area contributed by atoms with E-state index in [1.807, 2.05) is 13.0 Å². The number of aromatic hydroxyl groups is 1. The topological polar surface area (TPSA) is 41.5 Å². The average Bonchev–Trinajstić information content (AvgIpc) is 2.26. The fourth-order valence-corrected chi connectivity index (χ4v) is 1.87. The van der Waals surface area contributed by atoms with Crippen LogP contribution in [0.15, 0.2) is 12.1 Å². The molecule has 1 fully saturated rings. The van der Waals surface area contributed by atoms with Crippen molar-refractivity contribution >= 4 is 11.6 Å². The molecule has 0 bridgehead atoms. The van der Waals surface area contributed by atoms with Gasteiger partial charge in [-0.1, -0.05) is 17.7 Å². The lowest BCUT2D eigenvalue weighted by atomic mass is 10.0. The van der Waals surface area contributed by atoms with Gasteiger partial charge in [-0.2, -0.15) is 0 Å². The Balaban J connectivity index is 2.27. The maximum Gasteiger partial charge on any atom is 0.134 e. The Bertz CT molecular complexity index is 339. The van der Waals surface area contributed by atoms with Crippen molar-refractivity contribution in [3.63, 3.8) is 0 Å². The van der Waals surface area contributed by atoms with E-state index in [1.165, 1.54) is 0 Å². The van der Waals surface area contributed by atoms with E-state index in [4.69, 9.17) is 16.3 Å². The number of nitrogens with one attached hydrogen (secondary N) is 1. The molecule has 0 aliphatic carbocycles. The van der Waals surface area contributed by atoms with E-state index >= 15 is 0 Å². The highest BCUT2D eigenvalue weighted by Gasteiger charge is 2.17. The van der Waals surface area contributed by atoms with Crippen LogP contribution >= 0.6 is 11.6 Å². The van der Waals surface area contributed by atoms with E-state index in [9.17, 15) is 5.11 Å². The van der Waals surface area contributed by atoms with Crippen molar-refractivity contribution in [2.24, 2.45) is 0 Å². The third kappa shape index (κ3) is 2.25. The summed E-state index contributed by atoms with van der Waals surface area (Å²) in [6.07, 6.45) is 0. The standard InChI is InChI=1S/C11H14ClNO2/c1-7-4-8(5-10(14)11(7)12)9-6-15-3-2-13-9/h4-5,9,13-14H,2-3,6H2,1H3. The number of aryl methyl sites for hydroxylation is 1. The molecule has 82 valence electrons. The molecule has 1 aromatic carbocycles. The molecule has 1 aromatic rings. The van der Waals surface area contributed by atoms with Crippen LogP contribution in [0, 0.1) is 6.92 Å². The van der Waals surface area contributed by atoms with Crippen LogP contribution in [-0.4, -0.2) is 24.9 Å². The van der Waals surface area contributed by atoms with Gasteiger partial charge in [0.2, 0.25) is 0 Å². The fraction of sp³-hybridized carbons (Fsp3) is 0.455. The second kappa shape index (κ2) is 4.39. The zero-order valence-corrected chi connectivity index (χ0v) is 9.34. The van der Waals surface area contributed by atoms with Gasteiger partial charge in [-0.25, -0.2) is 0 Å². The van der Waals surface area contributed by atoms with Gasteiger partial charge >= 0.3 is 0 Å². The number of phenols is 1. The third-order valence-corrected chi connectivity index (χ3v) is 3.07. The molecule has 0 saturated carbocycles. The first-order valence-corrected chi connectivity index (χ1v) is 5.36. The summed E-state index contributed by atoms with van der Waals surface area (Å²) in [5.74, 6) is 0.138. The van der Waals surface area contributed by atoms with E-state index in [-0.39, 0.29) is 11.8 Å². The summed E-state index contributed by atoms with van der Waals surface area (Å²) >= 11 is 5.89. The number of morpholine rings is 1. The van der Waals surface area contributed by atoms with E-state index in [1.54, 1.807) is 6.07 Å². The SMILES string of the molecule is Cc1cc(C2COCCN2)cc(O)c1Cl. The Morgan fingerprint density at radius 2 is 2.33 bits per heavy atom. The van der Waals surface area contributed by atoms with Crippen molar-refractivity contribution in [2.45, 2.75) is 13.0 Å². The minimum Gasteiger partial charge on any atom is -0.506 e. The van der Waals surface area contributed by atoms with E-state index in [2.05, 4.69) is 5.32 Å². The molecule has 4 heteroatoms. The molecular formula is C11H14ClNO2. The van der Waals surface area contributed by atoms with Crippen LogP contribution in [0.4, 0.5) is 0 Å². The number of ether oxygens (including phenoxy) is 1. The normalized spacial score (nSPS) is 21.6. The van der Waals surface area contributed by atoms with Crippen LogP contribution in [0.5, 0.6) is 5.75 Å². The van der Waals surface area contributed by atoms with Crippen molar-refractivity contribution in [3.8, 4) is 5.75 Å². The van der Waals surface area contributed by atoms with E-state index in [0.717, 1.165) is 24.3 Å². The molecule has 0 amide bonds.